The molecular weight excluding hydrogens is 280 g/mol. The van der Waals surface area contributed by atoms with Crippen LogP contribution in [0.1, 0.15) is 6.42 Å². The van der Waals surface area contributed by atoms with E-state index in [1.807, 2.05) is 12.1 Å². The molecule has 1 aromatic carbocycles. The van der Waals surface area contributed by atoms with Crippen molar-refractivity contribution in [2.24, 2.45) is 0 Å². The Balaban J connectivity index is 1.48. The highest BCUT2D eigenvalue weighted by atomic mass is 35.5. The minimum atomic E-state index is -0.413. The van der Waals surface area contributed by atoms with E-state index in [2.05, 4.69) is 5.32 Å². The van der Waals surface area contributed by atoms with Gasteiger partial charge in [-0.3, -0.25) is 4.79 Å². The Morgan fingerprint density at radius 3 is 2.90 bits per heavy atom. The lowest BCUT2D eigenvalue weighted by atomic mass is 10.1. The predicted octanol–water partition coefficient (Wildman–Crippen LogP) is 0.652. The van der Waals surface area contributed by atoms with E-state index in [1.54, 1.807) is 17.0 Å². The second kappa shape index (κ2) is 5.60. The van der Waals surface area contributed by atoms with E-state index in [0.29, 0.717) is 31.1 Å². The van der Waals surface area contributed by atoms with Crippen molar-refractivity contribution in [1.82, 2.24) is 10.2 Å². The van der Waals surface area contributed by atoms with Gasteiger partial charge in [-0.2, -0.15) is 0 Å². The highest BCUT2D eigenvalue weighted by molar-refractivity contribution is 6.30. The summed E-state index contributed by atoms with van der Waals surface area (Å²) in [4.78, 5) is 13.9. The van der Waals surface area contributed by atoms with Crippen molar-refractivity contribution in [1.29, 1.82) is 0 Å². The summed E-state index contributed by atoms with van der Waals surface area (Å²) < 4.78 is 5.75. The molecule has 0 unspecified atom stereocenters. The average molecular weight is 297 g/mol. The molecule has 2 N–H and O–H groups in total. The Kier molecular flexibility index (Phi) is 3.83. The lowest BCUT2D eigenvalue weighted by Crippen LogP contribution is -2.59. The Morgan fingerprint density at radius 1 is 1.45 bits per heavy atom. The molecule has 1 aromatic rings. The number of hydrogen-bond acceptors (Lipinski definition) is 4. The van der Waals surface area contributed by atoms with E-state index in [4.69, 9.17) is 16.3 Å². The summed E-state index contributed by atoms with van der Waals surface area (Å²) in [5.41, 5.74) is 0. The standard InChI is InChI=1S/C14H17ClN2O3/c15-9-2-1-3-11(4-9)20-12-7-17(8-12)14(19)13-5-10(18)6-16-13/h1-4,10,12-13,16,18H,5-8H2/t10-,13+/m1/s1. The smallest absolute Gasteiger partial charge is 0.240 e. The minimum Gasteiger partial charge on any atom is -0.487 e. The molecular formula is C14H17ClN2O3. The monoisotopic (exact) mass is 296 g/mol. The first-order valence-electron chi connectivity index (χ1n) is 6.74. The highest BCUT2D eigenvalue weighted by Crippen LogP contribution is 2.22. The number of halogens is 1. The van der Waals surface area contributed by atoms with Crippen molar-refractivity contribution < 1.29 is 14.6 Å². The van der Waals surface area contributed by atoms with Crippen LogP contribution in [-0.4, -0.2) is 53.8 Å². The van der Waals surface area contributed by atoms with Crippen LogP contribution in [0.4, 0.5) is 0 Å². The lowest BCUT2D eigenvalue weighted by Gasteiger charge is -2.40. The molecule has 0 radical (unpaired) electrons. The van der Waals surface area contributed by atoms with Gasteiger partial charge in [-0.25, -0.2) is 0 Å². The van der Waals surface area contributed by atoms with E-state index in [9.17, 15) is 9.90 Å². The summed E-state index contributed by atoms with van der Waals surface area (Å²) in [5, 5.41) is 13.1. The van der Waals surface area contributed by atoms with Crippen LogP contribution in [0, 0.1) is 0 Å². The second-order valence-electron chi connectivity index (χ2n) is 5.29. The molecule has 5 nitrogen and oxygen atoms in total. The van der Waals surface area contributed by atoms with Gasteiger partial charge < -0.3 is 20.1 Å². The van der Waals surface area contributed by atoms with Gasteiger partial charge in [0.25, 0.3) is 0 Å². The first-order chi connectivity index (χ1) is 9.61. The molecule has 2 atom stereocenters. The summed E-state index contributed by atoms with van der Waals surface area (Å²) >= 11 is 5.89. The molecule has 1 amide bonds. The van der Waals surface area contributed by atoms with Gasteiger partial charge in [-0.15, -0.1) is 0 Å². The third kappa shape index (κ3) is 2.90. The van der Waals surface area contributed by atoms with Gasteiger partial charge >= 0.3 is 0 Å². The fourth-order valence-electron chi connectivity index (χ4n) is 2.55. The molecule has 2 saturated heterocycles. The summed E-state index contributed by atoms with van der Waals surface area (Å²) in [7, 11) is 0. The van der Waals surface area contributed by atoms with E-state index >= 15 is 0 Å². The summed E-state index contributed by atoms with van der Waals surface area (Å²) in [6.45, 7) is 1.66. The van der Waals surface area contributed by atoms with E-state index < -0.39 is 6.10 Å². The molecule has 0 saturated carbocycles. The zero-order chi connectivity index (χ0) is 14.1. The van der Waals surface area contributed by atoms with Crippen molar-refractivity contribution >= 4 is 17.5 Å². The number of benzene rings is 1. The van der Waals surface area contributed by atoms with E-state index in [1.165, 1.54) is 0 Å². The Bertz CT molecular complexity index is 505. The number of aliphatic hydroxyl groups excluding tert-OH is 1. The van der Waals surface area contributed by atoms with Crippen LogP contribution < -0.4 is 10.1 Å². The third-order valence-corrected chi connectivity index (χ3v) is 3.90. The van der Waals surface area contributed by atoms with Crippen LogP contribution in [-0.2, 0) is 4.79 Å². The van der Waals surface area contributed by atoms with E-state index in [0.717, 1.165) is 5.75 Å². The van der Waals surface area contributed by atoms with Gasteiger partial charge in [-0.1, -0.05) is 17.7 Å². The number of aliphatic hydroxyl groups is 1. The molecule has 2 aliphatic rings. The molecule has 0 aliphatic carbocycles. The fraction of sp³-hybridized carbons (Fsp3) is 0.500. The Hall–Kier alpha value is -1.30. The van der Waals surface area contributed by atoms with Crippen LogP contribution in [0.15, 0.2) is 24.3 Å². The highest BCUT2D eigenvalue weighted by Gasteiger charge is 2.38. The van der Waals surface area contributed by atoms with Crippen LogP contribution in [0.3, 0.4) is 0 Å². The van der Waals surface area contributed by atoms with Gasteiger partial charge in [0.05, 0.1) is 25.2 Å². The number of nitrogens with zero attached hydrogens (tertiary/aromatic N) is 1. The Labute approximate surface area is 122 Å². The molecule has 2 aliphatic heterocycles. The molecule has 6 heteroatoms. The van der Waals surface area contributed by atoms with Gasteiger partial charge in [0.2, 0.25) is 5.91 Å². The quantitative estimate of drug-likeness (QED) is 0.860. The fourth-order valence-corrected chi connectivity index (χ4v) is 2.73. The van der Waals surface area contributed by atoms with Crippen molar-refractivity contribution in [2.45, 2.75) is 24.7 Å². The first-order valence-corrected chi connectivity index (χ1v) is 7.12. The van der Waals surface area contributed by atoms with Crippen LogP contribution in [0.2, 0.25) is 5.02 Å². The van der Waals surface area contributed by atoms with Gasteiger partial charge in [0.1, 0.15) is 11.9 Å². The molecule has 2 fully saturated rings. The van der Waals surface area contributed by atoms with Crippen molar-refractivity contribution in [3.63, 3.8) is 0 Å². The van der Waals surface area contributed by atoms with Crippen LogP contribution in [0.5, 0.6) is 5.75 Å². The third-order valence-electron chi connectivity index (χ3n) is 3.66. The summed E-state index contributed by atoms with van der Waals surface area (Å²) in [6.07, 6.45) is 0.0993. The van der Waals surface area contributed by atoms with E-state index in [-0.39, 0.29) is 18.1 Å². The molecule has 0 bridgehead atoms. The predicted molar refractivity (Wildman–Crippen MR) is 74.9 cm³/mol. The number of rotatable bonds is 3. The largest absolute Gasteiger partial charge is 0.487 e. The number of ether oxygens (including phenoxy) is 1. The molecule has 20 heavy (non-hydrogen) atoms. The SMILES string of the molecule is O=C([C@@H]1C[C@@H](O)CN1)N1CC(Oc2cccc(Cl)c2)C1. The minimum absolute atomic E-state index is 0.0174. The number of amides is 1. The number of β-amino-alcohol motifs (C(OH)–C–C–N with tert-alkyl or cyclic N) is 1. The maximum absolute atomic E-state index is 12.1. The summed E-state index contributed by atoms with van der Waals surface area (Å²) in [5.74, 6) is 0.775. The van der Waals surface area contributed by atoms with Crippen molar-refractivity contribution in [2.75, 3.05) is 19.6 Å². The van der Waals surface area contributed by atoms with Gasteiger partial charge in [-0.05, 0) is 24.6 Å². The maximum Gasteiger partial charge on any atom is 0.240 e. The van der Waals surface area contributed by atoms with Gasteiger partial charge in [0.15, 0.2) is 0 Å². The second-order valence-corrected chi connectivity index (χ2v) is 5.73. The van der Waals surface area contributed by atoms with Crippen molar-refractivity contribution in [3.05, 3.63) is 29.3 Å². The first kappa shape index (κ1) is 13.7. The van der Waals surface area contributed by atoms with Crippen molar-refractivity contribution in [3.8, 4) is 5.75 Å². The maximum atomic E-state index is 12.1. The molecule has 108 valence electrons. The lowest BCUT2D eigenvalue weighted by molar-refractivity contribution is -0.142. The topological polar surface area (TPSA) is 61.8 Å². The van der Waals surface area contributed by atoms with Crippen LogP contribution in [0.25, 0.3) is 0 Å². The number of nitrogens with one attached hydrogen (secondary N) is 1. The summed E-state index contributed by atoms with van der Waals surface area (Å²) in [6, 6.07) is 6.99. The zero-order valence-electron chi connectivity index (χ0n) is 11.0. The number of likely N-dealkylation sites (tertiary alicyclic amines) is 1. The number of carbonyl (C=O) groups is 1. The number of hydrogen-bond donors (Lipinski definition) is 2. The number of carbonyl (C=O) groups excluding carboxylic acids is 1. The molecule has 0 aromatic heterocycles. The normalized spacial score (nSPS) is 26.4. The average Bonchev–Trinajstić information content (AvgIpc) is 2.79. The molecule has 3 rings (SSSR count). The molecule has 2 heterocycles. The molecule has 0 spiro atoms. The van der Waals surface area contributed by atoms with Crippen LogP contribution >= 0.6 is 11.6 Å². The zero-order valence-corrected chi connectivity index (χ0v) is 11.7. The Morgan fingerprint density at radius 2 is 2.25 bits per heavy atom. The van der Waals surface area contributed by atoms with Gasteiger partial charge in [0, 0.05) is 11.6 Å².